The molecule has 2 nitrogen and oxygen atoms in total. The summed E-state index contributed by atoms with van der Waals surface area (Å²) < 4.78 is 0. The highest BCUT2D eigenvalue weighted by Gasteiger charge is 2.29. The number of anilines is 2. The largest absolute Gasteiger partial charge is 0.399 e. The summed E-state index contributed by atoms with van der Waals surface area (Å²) >= 11 is 0. The van der Waals surface area contributed by atoms with Gasteiger partial charge >= 0.3 is 0 Å². The molecule has 0 amide bonds. The zero-order chi connectivity index (χ0) is 15.5. The van der Waals surface area contributed by atoms with Gasteiger partial charge in [0.05, 0.1) is 0 Å². The van der Waals surface area contributed by atoms with E-state index in [1.54, 1.807) is 0 Å². The van der Waals surface area contributed by atoms with Crippen molar-refractivity contribution in [2.45, 2.75) is 64.7 Å². The molecular formula is C20H32N2. The van der Waals surface area contributed by atoms with Crippen LogP contribution in [0.3, 0.4) is 0 Å². The van der Waals surface area contributed by atoms with Crippen molar-refractivity contribution < 1.29 is 0 Å². The minimum Gasteiger partial charge on any atom is -0.399 e. The van der Waals surface area contributed by atoms with Crippen molar-refractivity contribution in [1.82, 2.24) is 0 Å². The monoisotopic (exact) mass is 300 g/mol. The fraction of sp³-hybridized carbons (Fsp3) is 0.700. The highest BCUT2D eigenvalue weighted by atomic mass is 14.6. The Morgan fingerprint density at radius 3 is 1.82 bits per heavy atom. The van der Waals surface area contributed by atoms with Gasteiger partial charge in [-0.2, -0.15) is 0 Å². The first-order valence-corrected chi connectivity index (χ1v) is 9.25. The summed E-state index contributed by atoms with van der Waals surface area (Å²) in [7, 11) is 0. The van der Waals surface area contributed by atoms with Crippen LogP contribution < -0.4 is 11.5 Å². The van der Waals surface area contributed by atoms with E-state index in [4.69, 9.17) is 11.5 Å². The molecule has 0 aliphatic heterocycles. The van der Waals surface area contributed by atoms with Crippen molar-refractivity contribution in [3.63, 3.8) is 0 Å². The number of benzene rings is 1. The van der Waals surface area contributed by atoms with Gasteiger partial charge < -0.3 is 11.5 Å². The molecule has 1 aromatic carbocycles. The van der Waals surface area contributed by atoms with Crippen LogP contribution in [0.15, 0.2) is 18.2 Å². The van der Waals surface area contributed by atoms with E-state index in [1.165, 1.54) is 56.9 Å². The SMILES string of the molecule is CC1CCC(C2CCC(Cc3cc(N)cc(N)c3)CC2)CC1. The van der Waals surface area contributed by atoms with Gasteiger partial charge in [0.15, 0.2) is 0 Å². The van der Waals surface area contributed by atoms with Crippen molar-refractivity contribution >= 4 is 11.4 Å². The predicted molar refractivity (Wildman–Crippen MR) is 95.5 cm³/mol. The number of nitrogens with two attached hydrogens (primary N) is 2. The molecule has 0 saturated heterocycles. The molecule has 0 bridgehead atoms. The highest BCUT2D eigenvalue weighted by Crippen LogP contribution is 2.41. The third-order valence-electron chi connectivity index (χ3n) is 6.18. The van der Waals surface area contributed by atoms with Crippen molar-refractivity contribution in [2.24, 2.45) is 23.7 Å². The van der Waals surface area contributed by atoms with Gasteiger partial charge in [-0.25, -0.2) is 0 Å². The first kappa shape index (κ1) is 15.7. The van der Waals surface area contributed by atoms with Crippen LogP contribution in [0.1, 0.15) is 63.9 Å². The molecule has 22 heavy (non-hydrogen) atoms. The molecule has 2 fully saturated rings. The standard InChI is InChI=1S/C20H32N2/c1-14-2-6-17(7-3-14)18-8-4-15(5-9-18)10-16-11-19(21)13-20(22)12-16/h11-15,17-18H,2-10,21-22H2,1H3. The van der Waals surface area contributed by atoms with Crippen LogP contribution in [0.2, 0.25) is 0 Å². The fourth-order valence-electron chi connectivity index (χ4n) is 4.82. The lowest BCUT2D eigenvalue weighted by Crippen LogP contribution is -2.25. The van der Waals surface area contributed by atoms with Gasteiger partial charge in [0.1, 0.15) is 0 Å². The smallest absolute Gasteiger partial charge is 0.0337 e. The minimum atomic E-state index is 0.806. The fourth-order valence-corrected chi connectivity index (χ4v) is 4.82. The second-order valence-corrected chi connectivity index (χ2v) is 8.01. The lowest BCUT2D eigenvalue weighted by molar-refractivity contribution is 0.150. The van der Waals surface area contributed by atoms with Crippen LogP contribution in [-0.2, 0) is 6.42 Å². The van der Waals surface area contributed by atoms with E-state index < -0.39 is 0 Å². The van der Waals surface area contributed by atoms with E-state index in [2.05, 4.69) is 19.1 Å². The summed E-state index contributed by atoms with van der Waals surface area (Å²) in [6, 6.07) is 6.06. The highest BCUT2D eigenvalue weighted by molar-refractivity contribution is 5.54. The zero-order valence-electron chi connectivity index (χ0n) is 14.1. The van der Waals surface area contributed by atoms with E-state index in [9.17, 15) is 0 Å². The van der Waals surface area contributed by atoms with Gasteiger partial charge in [0.25, 0.3) is 0 Å². The normalized spacial score (nSPS) is 32.8. The van der Waals surface area contributed by atoms with Gasteiger partial charge in [0, 0.05) is 11.4 Å². The summed E-state index contributed by atoms with van der Waals surface area (Å²) in [4.78, 5) is 0. The van der Waals surface area contributed by atoms with Gasteiger partial charge in [-0.15, -0.1) is 0 Å². The Labute approximate surface area is 135 Å². The molecule has 0 atom stereocenters. The lowest BCUT2D eigenvalue weighted by atomic mass is 9.69. The Hall–Kier alpha value is -1.18. The Balaban J connectivity index is 1.49. The number of rotatable bonds is 3. The molecular weight excluding hydrogens is 268 g/mol. The van der Waals surface area contributed by atoms with Gasteiger partial charge in [0.2, 0.25) is 0 Å². The summed E-state index contributed by atoms with van der Waals surface area (Å²) in [5.74, 6) is 3.84. The minimum absolute atomic E-state index is 0.806. The maximum absolute atomic E-state index is 5.92. The lowest BCUT2D eigenvalue weighted by Gasteiger charge is -2.37. The molecule has 2 aliphatic rings. The van der Waals surface area contributed by atoms with E-state index in [0.717, 1.165) is 41.5 Å². The summed E-state index contributed by atoms with van der Waals surface area (Å²) in [6.45, 7) is 2.42. The molecule has 4 N–H and O–H groups in total. The van der Waals surface area contributed by atoms with Gasteiger partial charge in [-0.3, -0.25) is 0 Å². The molecule has 0 radical (unpaired) electrons. The molecule has 2 aliphatic carbocycles. The molecule has 0 heterocycles. The maximum atomic E-state index is 5.92. The van der Waals surface area contributed by atoms with E-state index >= 15 is 0 Å². The summed E-state index contributed by atoms with van der Waals surface area (Å²) in [6.07, 6.45) is 12.7. The van der Waals surface area contributed by atoms with Crippen LogP contribution in [0.4, 0.5) is 11.4 Å². The quantitative estimate of drug-likeness (QED) is 0.769. The Morgan fingerprint density at radius 1 is 0.773 bits per heavy atom. The first-order chi connectivity index (χ1) is 10.6. The number of hydrogen-bond acceptors (Lipinski definition) is 2. The Kier molecular flexibility index (Phi) is 4.95. The average Bonchev–Trinajstić information content (AvgIpc) is 2.48. The third kappa shape index (κ3) is 3.97. The maximum Gasteiger partial charge on any atom is 0.0337 e. The van der Waals surface area contributed by atoms with Crippen molar-refractivity contribution in [2.75, 3.05) is 11.5 Å². The molecule has 2 heteroatoms. The molecule has 0 spiro atoms. The molecule has 0 unspecified atom stereocenters. The summed E-state index contributed by atoms with van der Waals surface area (Å²) in [5, 5.41) is 0. The zero-order valence-corrected chi connectivity index (χ0v) is 14.1. The predicted octanol–water partition coefficient (Wildman–Crippen LogP) is 5.03. The average molecular weight is 300 g/mol. The second kappa shape index (κ2) is 6.93. The molecule has 0 aromatic heterocycles. The van der Waals surface area contributed by atoms with Crippen LogP contribution in [0, 0.1) is 23.7 Å². The van der Waals surface area contributed by atoms with Crippen LogP contribution >= 0.6 is 0 Å². The third-order valence-corrected chi connectivity index (χ3v) is 6.18. The van der Waals surface area contributed by atoms with E-state index in [-0.39, 0.29) is 0 Å². The Morgan fingerprint density at radius 2 is 1.27 bits per heavy atom. The van der Waals surface area contributed by atoms with Crippen LogP contribution in [0.5, 0.6) is 0 Å². The van der Waals surface area contributed by atoms with E-state index in [0.29, 0.717) is 0 Å². The van der Waals surface area contributed by atoms with Crippen LogP contribution in [0.25, 0.3) is 0 Å². The van der Waals surface area contributed by atoms with E-state index in [1.807, 2.05) is 6.07 Å². The topological polar surface area (TPSA) is 52.0 Å². The van der Waals surface area contributed by atoms with Crippen molar-refractivity contribution in [1.29, 1.82) is 0 Å². The number of hydrogen-bond donors (Lipinski definition) is 2. The molecule has 1 aromatic rings. The molecule has 2 saturated carbocycles. The number of nitrogen functional groups attached to an aromatic ring is 2. The van der Waals surface area contributed by atoms with Crippen molar-refractivity contribution in [3.05, 3.63) is 23.8 Å². The van der Waals surface area contributed by atoms with Gasteiger partial charge in [-0.1, -0.05) is 19.8 Å². The second-order valence-electron chi connectivity index (χ2n) is 8.01. The Bertz CT molecular complexity index is 460. The molecule has 122 valence electrons. The first-order valence-electron chi connectivity index (χ1n) is 9.25. The van der Waals surface area contributed by atoms with Gasteiger partial charge in [-0.05, 0) is 92.4 Å². The summed E-state index contributed by atoms with van der Waals surface area (Å²) in [5.41, 5.74) is 14.8. The molecule has 3 rings (SSSR count). The van der Waals surface area contributed by atoms with Crippen LogP contribution in [-0.4, -0.2) is 0 Å². The van der Waals surface area contributed by atoms with Crippen molar-refractivity contribution in [3.8, 4) is 0 Å².